The van der Waals surface area contributed by atoms with Gasteiger partial charge >= 0.3 is 0 Å². The van der Waals surface area contributed by atoms with Gasteiger partial charge in [-0.15, -0.1) is 0 Å². The predicted molar refractivity (Wildman–Crippen MR) is 86.3 cm³/mol. The third kappa shape index (κ3) is 2.69. The molecule has 20 heavy (non-hydrogen) atoms. The molecule has 2 unspecified atom stereocenters. The van der Waals surface area contributed by atoms with Crippen molar-refractivity contribution in [3.8, 4) is 0 Å². The fourth-order valence-electron chi connectivity index (χ4n) is 2.12. The van der Waals surface area contributed by atoms with Gasteiger partial charge in [-0.25, -0.2) is 4.99 Å². The van der Waals surface area contributed by atoms with Gasteiger partial charge in [0.25, 0.3) is 0 Å². The molecule has 5 heteroatoms. The zero-order valence-corrected chi connectivity index (χ0v) is 13.9. The Morgan fingerprint density at radius 3 is 2.35 bits per heavy atom. The maximum Gasteiger partial charge on any atom is 0.217 e. The molecule has 1 aromatic carbocycles. The highest BCUT2D eigenvalue weighted by Gasteiger charge is 2.42. The van der Waals surface area contributed by atoms with E-state index in [0.29, 0.717) is 21.0 Å². The molecule has 0 aromatic heterocycles. The van der Waals surface area contributed by atoms with Crippen molar-refractivity contribution in [2.24, 2.45) is 4.99 Å². The predicted octanol–water partition coefficient (Wildman–Crippen LogP) is 5.37. The van der Waals surface area contributed by atoms with Gasteiger partial charge in [-0.05, 0) is 38.0 Å². The maximum atomic E-state index is 6.16. The van der Waals surface area contributed by atoms with Gasteiger partial charge in [0.05, 0.1) is 5.03 Å². The van der Waals surface area contributed by atoms with Crippen LogP contribution in [-0.2, 0) is 4.74 Å². The number of hydrogen-bond acceptors (Lipinski definition) is 2. The van der Waals surface area contributed by atoms with Crippen LogP contribution in [0.5, 0.6) is 0 Å². The van der Waals surface area contributed by atoms with Crippen molar-refractivity contribution in [2.45, 2.75) is 38.8 Å². The lowest BCUT2D eigenvalue weighted by atomic mass is 9.93. The molecule has 0 radical (unpaired) electrons. The Labute approximate surface area is 134 Å². The molecule has 0 spiro atoms. The van der Waals surface area contributed by atoms with Crippen LogP contribution in [0.15, 0.2) is 28.7 Å². The SMILES string of the molecule is C=C(Cl)C1OC(c2cc(Cl)c(C)c(Cl)c2)=NC1(C)CC. The standard InChI is InChI=1S/C15H16Cl3NO/c1-5-15(4)13(9(3)16)20-14(19-15)10-6-11(17)8(2)12(18)7-10/h6-7,13H,3,5H2,1-2,4H3. The molecule has 108 valence electrons. The Morgan fingerprint density at radius 2 is 1.95 bits per heavy atom. The lowest BCUT2D eigenvalue weighted by molar-refractivity contribution is 0.185. The number of ether oxygens (including phenoxy) is 1. The molecule has 1 aliphatic heterocycles. The van der Waals surface area contributed by atoms with Crippen molar-refractivity contribution in [1.29, 1.82) is 0 Å². The van der Waals surface area contributed by atoms with Crippen LogP contribution in [0.1, 0.15) is 31.4 Å². The minimum atomic E-state index is -0.419. The second-order valence-corrected chi connectivity index (χ2v) is 6.44. The summed E-state index contributed by atoms with van der Waals surface area (Å²) in [6, 6.07) is 3.61. The minimum Gasteiger partial charge on any atom is -0.466 e. The third-order valence-electron chi connectivity index (χ3n) is 3.68. The molecule has 0 N–H and O–H groups in total. The molecule has 2 nitrogen and oxygen atoms in total. The van der Waals surface area contributed by atoms with Gasteiger partial charge in [-0.1, -0.05) is 48.3 Å². The van der Waals surface area contributed by atoms with Crippen LogP contribution in [0.3, 0.4) is 0 Å². The van der Waals surface area contributed by atoms with Gasteiger partial charge in [0, 0.05) is 15.6 Å². The maximum absolute atomic E-state index is 6.16. The van der Waals surface area contributed by atoms with E-state index in [1.165, 1.54) is 0 Å². The number of halogens is 3. The quantitative estimate of drug-likeness (QED) is 0.729. The first-order valence-electron chi connectivity index (χ1n) is 6.35. The topological polar surface area (TPSA) is 21.6 Å². The van der Waals surface area contributed by atoms with E-state index in [2.05, 4.69) is 11.6 Å². The number of aliphatic imine (C=N–C) groups is 1. The Kier molecular flexibility index (Phi) is 4.38. The number of benzene rings is 1. The third-order valence-corrected chi connectivity index (χ3v) is 4.66. The van der Waals surface area contributed by atoms with Gasteiger partial charge in [-0.3, -0.25) is 0 Å². The summed E-state index contributed by atoms with van der Waals surface area (Å²) in [5, 5.41) is 1.62. The molecule has 0 saturated carbocycles. The average Bonchev–Trinajstić information content (AvgIpc) is 2.74. The molecule has 0 bridgehead atoms. The van der Waals surface area contributed by atoms with Gasteiger partial charge in [0.1, 0.15) is 5.54 Å². The van der Waals surface area contributed by atoms with Crippen LogP contribution in [-0.4, -0.2) is 17.5 Å². The average molecular weight is 333 g/mol. The lowest BCUT2D eigenvalue weighted by Gasteiger charge is -2.25. The number of rotatable bonds is 3. The van der Waals surface area contributed by atoms with E-state index in [1.54, 1.807) is 12.1 Å². The van der Waals surface area contributed by atoms with Gasteiger partial charge in [-0.2, -0.15) is 0 Å². The van der Waals surface area contributed by atoms with Crippen molar-refractivity contribution < 1.29 is 4.74 Å². The van der Waals surface area contributed by atoms with E-state index in [0.717, 1.165) is 17.5 Å². The van der Waals surface area contributed by atoms with E-state index >= 15 is 0 Å². The highest BCUT2D eigenvalue weighted by molar-refractivity contribution is 6.36. The van der Waals surface area contributed by atoms with E-state index < -0.39 is 5.54 Å². The first-order chi connectivity index (χ1) is 9.28. The summed E-state index contributed by atoms with van der Waals surface area (Å²) in [5.74, 6) is 0.505. The first kappa shape index (κ1) is 15.7. The van der Waals surface area contributed by atoms with Crippen LogP contribution in [0.4, 0.5) is 0 Å². The smallest absolute Gasteiger partial charge is 0.217 e. The fraction of sp³-hybridized carbons (Fsp3) is 0.400. The van der Waals surface area contributed by atoms with E-state index in [-0.39, 0.29) is 6.10 Å². The van der Waals surface area contributed by atoms with Gasteiger partial charge < -0.3 is 4.74 Å². The molecule has 1 aromatic rings. The zero-order chi connectivity index (χ0) is 15.1. The molecule has 1 heterocycles. The summed E-state index contributed by atoms with van der Waals surface area (Å²) in [4.78, 5) is 4.66. The number of nitrogens with zero attached hydrogens (tertiary/aromatic N) is 1. The second kappa shape index (κ2) is 5.59. The summed E-state index contributed by atoms with van der Waals surface area (Å²) in [5.41, 5.74) is 1.18. The van der Waals surface area contributed by atoms with E-state index in [4.69, 9.17) is 39.5 Å². The van der Waals surface area contributed by atoms with Crippen molar-refractivity contribution >= 4 is 40.7 Å². The summed E-state index contributed by atoms with van der Waals surface area (Å²) in [6.07, 6.45) is 0.447. The van der Waals surface area contributed by atoms with Crippen molar-refractivity contribution in [3.63, 3.8) is 0 Å². The van der Waals surface area contributed by atoms with Crippen molar-refractivity contribution in [3.05, 3.63) is 44.9 Å². The largest absolute Gasteiger partial charge is 0.466 e. The van der Waals surface area contributed by atoms with E-state index in [9.17, 15) is 0 Å². The molecule has 0 amide bonds. The number of hydrogen-bond donors (Lipinski definition) is 0. The van der Waals surface area contributed by atoms with Crippen LogP contribution >= 0.6 is 34.8 Å². The Balaban J connectivity index is 2.45. The first-order valence-corrected chi connectivity index (χ1v) is 7.48. The summed E-state index contributed by atoms with van der Waals surface area (Å²) >= 11 is 18.4. The highest BCUT2D eigenvalue weighted by Crippen LogP contribution is 2.37. The summed E-state index contributed by atoms with van der Waals surface area (Å²) < 4.78 is 5.87. The van der Waals surface area contributed by atoms with Crippen molar-refractivity contribution in [2.75, 3.05) is 0 Å². The van der Waals surface area contributed by atoms with Gasteiger partial charge in [0.2, 0.25) is 5.90 Å². The van der Waals surface area contributed by atoms with Crippen molar-refractivity contribution in [1.82, 2.24) is 0 Å². The van der Waals surface area contributed by atoms with Crippen LogP contribution in [0.25, 0.3) is 0 Å². The summed E-state index contributed by atoms with van der Waals surface area (Å²) in [6.45, 7) is 9.67. The highest BCUT2D eigenvalue weighted by atomic mass is 35.5. The molecule has 1 aliphatic rings. The zero-order valence-electron chi connectivity index (χ0n) is 11.6. The van der Waals surface area contributed by atoms with Crippen LogP contribution in [0.2, 0.25) is 10.0 Å². The normalized spacial score (nSPS) is 25.3. The lowest BCUT2D eigenvalue weighted by Crippen LogP contribution is -2.34. The van der Waals surface area contributed by atoms with Gasteiger partial charge in [0.15, 0.2) is 6.10 Å². The second-order valence-electron chi connectivity index (χ2n) is 5.14. The molecule has 0 fully saturated rings. The molecular weight excluding hydrogens is 317 g/mol. The molecular formula is C15H16Cl3NO. The monoisotopic (exact) mass is 331 g/mol. The fourth-order valence-corrected chi connectivity index (χ4v) is 2.89. The molecule has 2 rings (SSSR count). The van der Waals surface area contributed by atoms with Crippen LogP contribution < -0.4 is 0 Å². The Bertz CT molecular complexity index is 574. The van der Waals surface area contributed by atoms with Crippen LogP contribution in [0, 0.1) is 6.92 Å². The minimum absolute atomic E-state index is 0.344. The molecule has 2 atom stereocenters. The van der Waals surface area contributed by atoms with E-state index in [1.807, 2.05) is 20.8 Å². The Morgan fingerprint density at radius 1 is 1.40 bits per heavy atom. The summed E-state index contributed by atoms with van der Waals surface area (Å²) in [7, 11) is 0. The molecule has 0 aliphatic carbocycles. The Hall–Kier alpha value is -0.700. The molecule has 0 saturated heterocycles.